The fourth-order valence-electron chi connectivity index (χ4n) is 0.508. The fraction of sp³-hybridized carbons (Fsp3) is 0.500. The average Bonchev–Trinajstić information content (AvgIpc) is 2.02. The Morgan fingerprint density at radius 1 is 1.25 bits per heavy atom. The first-order valence-electron chi connectivity index (χ1n) is 3.95. The van der Waals surface area contributed by atoms with E-state index in [1.165, 1.54) is 0 Å². The van der Waals surface area contributed by atoms with Gasteiger partial charge >= 0.3 is 5.97 Å². The van der Waals surface area contributed by atoms with Crippen molar-refractivity contribution in [2.75, 3.05) is 0 Å². The number of aliphatic carboxylic acids is 1. The van der Waals surface area contributed by atoms with E-state index in [-0.39, 0.29) is 6.42 Å². The van der Waals surface area contributed by atoms with E-state index in [1.54, 1.807) is 0 Å². The summed E-state index contributed by atoms with van der Waals surface area (Å²) in [7, 11) is 0. The summed E-state index contributed by atoms with van der Waals surface area (Å²) in [6, 6.07) is 0. The van der Waals surface area contributed by atoms with Crippen molar-refractivity contribution in [3.8, 4) is 23.7 Å². The van der Waals surface area contributed by atoms with E-state index in [2.05, 4.69) is 23.7 Å². The minimum atomic E-state index is -0.814. The minimum Gasteiger partial charge on any atom is -0.481 e. The van der Waals surface area contributed by atoms with Gasteiger partial charge in [0.05, 0.1) is 6.42 Å². The summed E-state index contributed by atoms with van der Waals surface area (Å²) in [6.07, 6.45) is 2.37. The second-order valence-electron chi connectivity index (χ2n) is 2.25. The van der Waals surface area contributed by atoms with Crippen molar-refractivity contribution < 1.29 is 9.90 Å². The molecule has 12 heavy (non-hydrogen) atoms. The molecule has 64 valence electrons. The van der Waals surface area contributed by atoms with Crippen LogP contribution >= 0.6 is 0 Å². The summed E-state index contributed by atoms with van der Waals surface area (Å²) in [5.74, 6) is 9.97. The molecule has 0 saturated carbocycles. The molecule has 0 spiro atoms. The van der Waals surface area contributed by atoms with Crippen molar-refractivity contribution in [2.45, 2.75) is 32.6 Å². The highest BCUT2D eigenvalue weighted by molar-refractivity contribution is 5.67. The van der Waals surface area contributed by atoms with Crippen LogP contribution in [0.1, 0.15) is 32.6 Å². The largest absolute Gasteiger partial charge is 0.481 e. The first-order valence-corrected chi connectivity index (χ1v) is 3.95. The number of unbranched alkanes of at least 4 members (excludes halogenated alkanes) is 1. The lowest BCUT2D eigenvalue weighted by molar-refractivity contribution is -0.136. The van der Waals surface area contributed by atoms with E-state index in [1.807, 2.05) is 6.92 Å². The van der Waals surface area contributed by atoms with Gasteiger partial charge in [-0.3, -0.25) is 4.79 Å². The van der Waals surface area contributed by atoms with Gasteiger partial charge in [0.25, 0.3) is 0 Å². The van der Waals surface area contributed by atoms with E-state index in [4.69, 9.17) is 5.11 Å². The van der Waals surface area contributed by atoms with E-state index >= 15 is 0 Å². The highest BCUT2D eigenvalue weighted by Crippen LogP contribution is 1.84. The smallest absolute Gasteiger partial charge is 0.304 e. The first-order chi connectivity index (χ1) is 5.77. The molecule has 0 rings (SSSR count). The van der Waals surface area contributed by atoms with Crippen LogP contribution in [0, 0.1) is 23.7 Å². The molecule has 0 fully saturated rings. The van der Waals surface area contributed by atoms with E-state index < -0.39 is 5.97 Å². The van der Waals surface area contributed by atoms with E-state index in [0.717, 1.165) is 12.8 Å². The van der Waals surface area contributed by atoms with Crippen molar-refractivity contribution in [3.05, 3.63) is 0 Å². The third kappa shape index (κ3) is 8.59. The predicted octanol–water partition coefficient (Wildman–Crippen LogP) is 1.66. The molecular formula is C10H12O2. The van der Waals surface area contributed by atoms with Gasteiger partial charge in [0.15, 0.2) is 0 Å². The number of rotatable bonds is 3. The van der Waals surface area contributed by atoms with Gasteiger partial charge in [0.1, 0.15) is 0 Å². The zero-order chi connectivity index (χ0) is 9.23. The van der Waals surface area contributed by atoms with Crippen molar-refractivity contribution >= 4 is 5.97 Å². The van der Waals surface area contributed by atoms with Crippen molar-refractivity contribution in [1.82, 2.24) is 0 Å². The Morgan fingerprint density at radius 2 is 1.83 bits per heavy atom. The summed E-state index contributed by atoms with van der Waals surface area (Å²) >= 11 is 0. The maximum atomic E-state index is 10.0. The van der Waals surface area contributed by atoms with Crippen LogP contribution in [0.3, 0.4) is 0 Å². The molecule has 0 radical (unpaired) electrons. The van der Waals surface area contributed by atoms with Crippen LogP contribution in [-0.2, 0) is 4.79 Å². The van der Waals surface area contributed by atoms with Gasteiger partial charge in [-0.25, -0.2) is 0 Å². The van der Waals surface area contributed by atoms with E-state index in [9.17, 15) is 4.79 Å². The summed E-state index contributed by atoms with van der Waals surface area (Å²) in [6.45, 7) is 2.05. The molecule has 1 N–H and O–H groups in total. The topological polar surface area (TPSA) is 37.3 Å². The van der Waals surface area contributed by atoms with Crippen LogP contribution < -0.4 is 0 Å². The van der Waals surface area contributed by atoms with Gasteiger partial charge in [-0.2, -0.15) is 0 Å². The number of carboxylic acid groups (broad SMARTS) is 1. The van der Waals surface area contributed by atoms with Crippen molar-refractivity contribution in [3.63, 3.8) is 0 Å². The highest BCUT2D eigenvalue weighted by Gasteiger charge is 1.90. The Bertz CT molecular complexity index is 244. The molecular weight excluding hydrogens is 152 g/mol. The molecule has 2 nitrogen and oxygen atoms in total. The van der Waals surface area contributed by atoms with Crippen molar-refractivity contribution in [2.24, 2.45) is 0 Å². The summed E-state index contributed by atoms with van der Waals surface area (Å²) < 4.78 is 0. The van der Waals surface area contributed by atoms with E-state index in [0.29, 0.717) is 6.42 Å². The molecule has 0 aromatic carbocycles. The van der Waals surface area contributed by atoms with Crippen LogP contribution in [0.5, 0.6) is 0 Å². The lowest BCUT2D eigenvalue weighted by Crippen LogP contribution is -1.91. The molecule has 0 aromatic rings. The molecule has 0 aliphatic carbocycles. The molecule has 0 unspecified atom stereocenters. The Balaban J connectivity index is 3.48. The van der Waals surface area contributed by atoms with Gasteiger partial charge in [-0.1, -0.05) is 18.8 Å². The maximum Gasteiger partial charge on any atom is 0.304 e. The molecule has 0 atom stereocenters. The SMILES string of the molecule is CCCC#CC#CCCC(=O)O. The lowest BCUT2D eigenvalue weighted by atomic mass is 10.3. The summed E-state index contributed by atoms with van der Waals surface area (Å²) in [4.78, 5) is 10.0. The monoisotopic (exact) mass is 164 g/mol. The van der Waals surface area contributed by atoms with Gasteiger partial charge in [-0.05, 0) is 18.3 Å². The highest BCUT2D eigenvalue weighted by atomic mass is 16.4. The van der Waals surface area contributed by atoms with Gasteiger partial charge in [0.2, 0.25) is 0 Å². The number of carboxylic acids is 1. The third-order valence-electron chi connectivity index (χ3n) is 1.08. The molecule has 0 bridgehead atoms. The Hall–Kier alpha value is -1.41. The predicted molar refractivity (Wildman–Crippen MR) is 47.3 cm³/mol. The van der Waals surface area contributed by atoms with Crippen LogP contribution in [0.2, 0.25) is 0 Å². The van der Waals surface area contributed by atoms with Crippen LogP contribution in [-0.4, -0.2) is 11.1 Å². The first kappa shape index (κ1) is 10.6. The van der Waals surface area contributed by atoms with Crippen LogP contribution in [0.25, 0.3) is 0 Å². The standard InChI is InChI=1S/C10H12O2/c1-2-3-4-5-6-7-8-9-10(11)12/h2-3,8-9H2,1H3,(H,11,12). The molecule has 0 heterocycles. The molecule has 0 aliphatic heterocycles. The van der Waals surface area contributed by atoms with Crippen LogP contribution in [0.15, 0.2) is 0 Å². The summed E-state index contributed by atoms with van der Waals surface area (Å²) in [5, 5.41) is 8.25. The summed E-state index contributed by atoms with van der Waals surface area (Å²) in [5.41, 5.74) is 0. The molecule has 0 amide bonds. The molecule has 2 heteroatoms. The second-order valence-corrected chi connectivity index (χ2v) is 2.25. The van der Waals surface area contributed by atoms with Gasteiger partial charge in [0, 0.05) is 12.8 Å². The molecule has 0 aliphatic rings. The molecule has 0 aromatic heterocycles. The van der Waals surface area contributed by atoms with Crippen molar-refractivity contribution in [1.29, 1.82) is 0 Å². The van der Waals surface area contributed by atoms with Gasteiger partial charge in [-0.15, -0.1) is 0 Å². The second kappa shape index (κ2) is 7.69. The number of hydrogen-bond acceptors (Lipinski definition) is 1. The lowest BCUT2D eigenvalue weighted by Gasteiger charge is -1.81. The normalized spacial score (nSPS) is 7.42. The zero-order valence-corrected chi connectivity index (χ0v) is 7.18. The Morgan fingerprint density at radius 3 is 2.33 bits per heavy atom. The third-order valence-corrected chi connectivity index (χ3v) is 1.08. The average molecular weight is 164 g/mol. The number of hydrogen-bond donors (Lipinski definition) is 1. The maximum absolute atomic E-state index is 10.0. The quantitative estimate of drug-likeness (QED) is 0.644. The minimum absolute atomic E-state index is 0.0997. The fourth-order valence-corrected chi connectivity index (χ4v) is 0.508. The van der Waals surface area contributed by atoms with Gasteiger partial charge < -0.3 is 5.11 Å². The zero-order valence-electron chi connectivity index (χ0n) is 7.18. The molecule has 0 saturated heterocycles. The van der Waals surface area contributed by atoms with Crippen LogP contribution in [0.4, 0.5) is 0 Å². The Kier molecular flexibility index (Phi) is 6.79. The Labute approximate surface area is 73.0 Å². The number of carbonyl (C=O) groups is 1.